The third kappa shape index (κ3) is 5.23. The molecule has 26 heavy (non-hydrogen) atoms. The molecule has 0 spiro atoms. The molecule has 1 aromatic rings. The Kier molecular flexibility index (Phi) is 6.17. The molecule has 1 saturated heterocycles. The van der Waals surface area contributed by atoms with Gasteiger partial charge in [-0.25, -0.2) is 0 Å². The minimum absolute atomic E-state index is 0.196. The number of carbonyl (C=O) groups excluding carboxylic acids is 1. The Labute approximate surface area is 157 Å². The molecule has 1 aromatic carbocycles. The van der Waals surface area contributed by atoms with Gasteiger partial charge in [0, 0.05) is 32.6 Å². The van der Waals surface area contributed by atoms with Crippen molar-refractivity contribution in [2.45, 2.75) is 45.4 Å². The molecule has 0 bridgehead atoms. The number of nitrogens with one attached hydrogen (secondary N) is 1. The first-order valence-corrected chi connectivity index (χ1v) is 9.96. The molecule has 1 atom stereocenters. The van der Waals surface area contributed by atoms with Gasteiger partial charge in [0.1, 0.15) is 0 Å². The van der Waals surface area contributed by atoms with Gasteiger partial charge in [-0.3, -0.25) is 9.79 Å². The number of hydrogen-bond acceptors (Lipinski definition) is 2. The highest BCUT2D eigenvalue weighted by molar-refractivity contribution is 5.80. The number of nitrogens with two attached hydrogens (primary N) is 1. The van der Waals surface area contributed by atoms with Crippen LogP contribution in [0.4, 0.5) is 0 Å². The molecule has 142 valence electrons. The number of guanidine groups is 1. The number of piperidine rings is 1. The van der Waals surface area contributed by atoms with Crippen molar-refractivity contribution in [3.63, 3.8) is 0 Å². The van der Waals surface area contributed by atoms with Crippen LogP contribution in [0.1, 0.15) is 44.6 Å². The Balaban J connectivity index is 1.62. The van der Waals surface area contributed by atoms with Crippen LogP contribution in [0, 0.1) is 11.3 Å². The quantitative estimate of drug-likeness (QED) is 0.583. The number of benzene rings is 1. The summed E-state index contributed by atoms with van der Waals surface area (Å²) in [5, 5.41) is 3.45. The third-order valence-electron chi connectivity index (χ3n) is 5.59. The number of aliphatic imine (C=N–C) groups is 1. The van der Waals surface area contributed by atoms with Gasteiger partial charge in [0.15, 0.2) is 5.96 Å². The molecular formula is C21H32N4O. The minimum Gasteiger partial charge on any atom is -0.370 e. The van der Waals surface area contributed by atoms with E-state index in [1.807, 2.05) is 0 Å². The topological polar surface area (TPSA) is 70.7 Å². The molecule has 0 aromatic heterocycles. The summed E-state index contributed by atoms with van der Waals surface area (Å²) in [6, 6.07) is 10.7. The van der Waals surface area contributed by atoms with Gasteiger partial charge in [0.2, 0.25) is 5.91 Å². The maximum atomic E-state index is 11.3. The van der Waals surface area contributed by atoms with Crippen molar-refractivity contribution >= 4 is 11.9 Å². The summed E-state index contributed by atoms with van der Waals surface area (Å²) in [6.07, 6.45) is 6.29. The van der Waals surface area contributed by atoms with E-state index in [2.05, 4.69) is 47.5 Å². The smallest absolute Gasteiger partial charge is 0.217 e. The molecule has 1 saturated carbocycles. The Morgan fingerprint density at radius 3 is 2.77 bits per heavy atom. The standard InChI is InChI=1S/C21H32N4O/c1-2-23-20(25-12-6-9-18(15-25)13-19(22)26)24-16-21(10-11-21)14-17-7-4-3-5-8-17/h3-5,7-8,18H,2,6,9-16H2,1H3,(H2,22,26)(H,23,24). The Morgan fingerprint density at radius 2 is 2.12 bits per heavy atom. The fourth-order valence-corrected chi connectivity index (χ4v) is 3.97. The lowest BCUT2D eigenvalue weighted by atomic mass is 9.94. The van der Waals surface area contributed by atoms with Crippen LogP contribution in [0.3, 0.4) is 0 Å². The highest BCUT2D eigenvalue weighted by Gasteiger charge is 2.42. The first kappa shape index (κ1) is 18.7. The van der Waals surface area contributed by atoms with E-state index in [4.69, 9.17) is 10.7 Å². The van der Waals surface area contributed by atoms with Gasteiger partial charge in [-0.15, -0.1) is 0 Å². The van der Waals surface area contributed by atoms with Gasteiger partial charge in [-0.05, 0) is 55.9 Å². The second-order valence-corrected chi connectivity index (χ2v) is 7.96. The summed E-state index contributed by atoms with van der Waals surface area (Å²) in [7, 11) is 0. The number of primary amides is 1. The van der Waals surface area contributed by atoms with Crippen molar-refractivity contribution in [2.24, 2.45) is 22.1 Å². The van der Waals surface area contributed by atoms with Crippen molar-refractivity contribution in [3.8, 4) is 0 Å². The van der Waals surface area contributed by atoms with E-state index in [1.54, 1.807) is 0 Å². The summed E-state index contributed by atoms with van der Waals surface area (Å²) in [6.45, 7) is 5.73. The lowest BCUT2D eigenvalue weighted by Gasteiger charge is -2.35. The van der Waals surface area contributed by atoms with Crippen molar-refractivity contribution in [2.75, 3.05) is 26.2 Å². The van der Waals surface area contributed by atoms with E-state index in [1.165, 1.54) is 18.4 Å². The predicted molar refractivity (Wildman–Crippen MR) is 106 cm³/mol. The van der Waals surface area contributed by atoms with Crippen LogP contribution in [-0.4, -0.2) is 42.9 Å². The van der Waals surface area contributed by atoms with Crippen LogP contribution in [0.25, 0.3) is 0 Å². The third-order valence-corrected chi connectivity index (χ3v) is 5.59. The molecule has 5 nitrogen and oxygen atoms in total. The van der Waals surface area contributed by atoms with Crippen LogP contribution in [0.2, 0.25) is 0 Å². The summed E-state index contributed by atoms with van der Waals surface area (Å²) in [5.74, 6) is 1.16. The highest BCUT2D eigenvalue weighted by Crippen LogP contribution is 2.48. The Bertz CT molecular complexity index is 624. The van der Waals surface area contributed by atoms with Crippen LogP contribution in [0.15, 0.2) is 35.3 Å². The van der Waals surface area contributed by atoms with Crippen LogP contribution in [-0.2, 0) is 11.2 Å². The van der Waals surface area contributed by atoms with Crippen molar-refractivity contribution in [3.05, 3.63) is 35.9 Å². The fraction of sp³-hybridized carbons (Fsp3) is 0.619. The van der Waals surface area contributed by atoms with Crippen LogP contribution >= 0.6 is 0 Å². The molecule has 1 aliphatic carbocycles. The number of likely N-dealkylation sites (tertiary alicyclic amines) is 1. The SMILES string of the molecule is CCNC(=NCC1(Cc2ccccc2)CC1)N1CCCC(CC(N)=O)C1. The van der Waals surface area contributed by atoms with Gasteiger partial charge in [0.25, 0.3) is 0 Å². The van der Waals surface area contributed by atoms with Crippen molar-refractivity contribution in [1.82, 2.24) is 10.2 Å². The number of hydrogen-bond donors (Lipinski definition) is 2. The molecule has 0 radical (unpaired) electrons. The van der Waals surface area contributed by atoms with E-state index in [9.17, 15) is 4.79 Å². The largest absolute Gasteiger partial charge is 0.370 e. The first-order chi connectivity index (χ1) is 12.6. The van der Waals surface area contributed by atoms with Crippen LogP contribution < -0.4 is 11.1 Å². The second kappa shape index (κ2) is 8.56. The van der Waals surface area contributed by atoms with Crippen molar-refractivity contribution in [1.29, 1.82) is 0 Å². The summed E-state index contributed by atoms with van der Waals surface area (Å²) >= 11 is 0. The number of carbonyl (C=O) groups is 1. The van der Waals surface area contributed by atoms with E-state index < -0.39 is 0 Å². The lowest BCUT2D eigenvalue weighted by Crippen LogP contribution is -2.47. The minimum atomic E-state index is -0.196. The average molecular weight is 357 g/mol. The molecular weight excluding hydrogens is 324 g/mol. The number of nitrogens with zero attached hydrogens (tertiary/aromatic N) is 2. The highest BCUT2D eigenvalue weighted by atomic mass is 16.1. The molecule has 3 N–H and O–H groups in total. The van der Waals surface area contributed by atoms with Crippen LogP contribution in [0.5, 0.6) is 0 Å². The van der Waals surface area contributed by atoms with E-state index in [-0.39, 0.29) is 5.91 Å². The number of amides is 1. The van der Waals surface area contributed by atoms with Gasteiger partial charge in [0.05, 0.1) is 0 Å². The molecule has 3 rings (SSSR count). The predicted octanol–water partition coefficient (Wildman–Crippen LogP) is 2.56. The molecule has 2 fully saturated rings. The molecule has 5 heteroatoms. The fourth-order valence-electron chi connectivity index (χ4n) is 3.97. The summed E-state index contributed by atoms with van der Waals surface area (Å²) in [5.41, 5.74) is 7.14. The molecule has 1 amide bonds. The molecule has 1 unspecified atom stereocenters. The van der Waals surface area contributed by atoms with E-state index in [0.29, 0.717) is 17.8 Å². The Hall–Kier alpha value is -2.04. The van der Waals surface area contributed by atoms with Gasteiger partial charge in [-0.1, -0.05) is 30.3 Å². The normalized spacial score (nSPS) is 22.1. The Morgan fingerprint density at radius 1 is 1.35 bits per heavy atom. The van der Waals surface area contributed by atoms with Gasteiger partial charge in [-0.2, -0.15) is 0 Å². The zero-order chi connectivity index (χ0) is 18.4. The zero-order valence-electron chi connectivity index (χ0n) is 15.9. The average Bonchev–Trinajstić information content (AvgIpc) is 3.39. The summed E-state index contributed by atoms with van der Waals surface area (Å²) in [4.78, 5) is 18.6. The van der Waals surface area contributed by atoms with Gasteiger partial charge >= 0.3 is 0 Å². The number of rotatable bonds is 7. The molecule has 2 aliphatic rings. The van der Waals surface area contributed by atoms with E-state index in [0.717, 1.165) is 51.4 Å². The van der Waals surface area contributed by atoms with Crippen molar-refractivity contribution < 1.29 is 4.79 Å². The maximum Gasteiger partial charge on any atom is 0.217 e. The second-order valence-electron chi connectivity index (χ2n) is 7.96. The molecule has 1 heterocycles. The first-order valence-electron chi connectivity index (χ1n) is 9.96. The monoisotopic (exact) mass is 356 g/mol. The van der Waals surface area contributed by atoms with E-state index >= 15 is 0 Å². The zero-order valence-corrected chi connectivity index (χ0v) is 15.9. The van der Waals surface area contributed by atoms with Gasteiger partial charge < -0.3 is 16.0 Å². The maximum absolute atomic E-state index is 11.3. The lowest BCUT2D eigenvalue weighted by molar-refractivity contribution is -0.119. The summed E-state index contributed by atoms with van der Waals surface area (Å²) < 4.78 is 0. The molecule has 1 aliphatic heterocycles.